The second-order valence-electron chi connectivity index (χ2n) is 3.53. The molecule has 0 amide bonds. The summed E-state index contributed by atoms with van der Waals surface area (Å²) in [5.74, 6) is 0. The summed E-state index contributed by atoms with van der Waals surface area (Å²) in [6.45, 7) is 10.1. The molecule has 0 saturated heterocycles. The summed E-state index contributed by atoms with van der Waals surface area (Å²) in [5, 5.41) is 0. The normalized spacial score (nSPS) is 8.29. The predicted molar refractivity (Wildman–Crippen MR) is 77.3 cm³/mol. The van der Waals surface area contributed by atoms with Crippen LogP contribution in [0.1, 0.15) is 51.7 Å². The third-order valence-electron chi connectivity index (χ3n) is 1.98. The maximum atomic E-state index is 9.17. The molecular formula is C15H27NO. The van der Waals surface area contributed by atoms with Crippen molar-refractivity contribution < 1.29 is 4.79 Å². The molecule has 2 nitrogen and oxygen atoms in total. The Kier molecular flexibility index (Phi) is 13.6. The minimum atomic E-state index is 0.639. The van der Waals surface area contributed by atoms with Crippen LogP contribution in [-0.2, 0) is 11.2 Å². The average Bonchev–Trinajstić information content (AvgIpc) is 2.37. The van der Waals surface area contributed by atoms with E-state index in [1.807, 2.05) is 26.8 Å². The molecule has 0 spiro atoms. The molecule has 0 saturated carbocycles. The van der Waals surface area contributed by atoms with Crippen molar-refractivity contribution in [2.45, 2.75) is 53.9 Å². The molecule has 0 unspecified atom stereocenters. The second-order valence-corrected chi connectivity index (χ2v) is 3.53. The van der Waals surface area contributed by atoms with Gasteiger partial charge in [0.2, 0.25) is 0 Å². The first-order valence-corrected chi connectivity index (χ1v) is 6.44. The van der Waals surface area contributed by atoms with E-state index in [0.29, 0.717) is 6.42 Å². The maximum absolute atomic E-state index is 9.17. The number of nitrogen functional groups attached to an aromatic ring is 1. The molecule has 1 aromatic rings. The summed E-state index contributed by atoms with van der Waals surface area (Å²) < 4.78 is 0. The molecule has 1 aromatic carbocycles. The van der Waals surface area contributed by atoms with E-state index in [4.69, 9.17) is 5.73 Å². The van der Waals surface area contributed by atoms with Crippen molar-refractivity contribution in [1.82, 2.24) is 0 Å². The molecule has 0 radical (unpaired) electrons. The van der Waals surface area contributed by atoms with E-state index in [1.54, 1.807) is 0 Å². The lowest BCUT2D eigenvalue weighted by Crippen LogP contribution is -1.93. The van der Waals surface area contributed by atoms with E-state index in [1.165, 1.54) is 11.1 Å². The van der Waals surface area contributed by atoms with Gasteiger partial charge in [-0.1, -0.05) is 51.8 Å². The van der Waals surface area contributed by atoms with Crippen LogP contribution in [0.4, 0.5) is 5.69 Å². The molecule has 0 aromatic heterocycles. The summed E-state index contributed by atoms with van der Waals surface area (Å²) in [5.41, 5.74) is 9.28. The summed E-state index contributed by atoms with van der Waals surface area (Å²) in [4.78, 5) is 9.17. The van der Waals surface area contributed by atoms with E-state index in [2.05, 4.69) is 26.0 Å². The first-order chi connectivity index (χ1) is 8.15. The lowest BCUT2D eigenvalue weighted by molar-refractivity contribution is -0.107. The molecule has 0 bridgehead atoms. The average molecular weight is 237 g/mol. The number of anilines is 1. The Morgan fingerprint density at radius 1 is 1.24 bits per heavy atom. The van der Waals surface area contributed by atoms with Crippen LogP contribution in [0.25, 0.3) is 0 Å². The van der Waals surface area contributed by atoms with Gasteiger partial charge in [-0.15, -0.1) is 0 Å². The van der Waals surface area contributed by atoms with Crippen molar-refractivity contribution in [2.24, 2.45) is 0 Å². The van der Waals surface area contributed by atoms with Crippen LogP contribution in [0.15, 0.2) is 18.2 Å². The molecule has 0 aliphatic rings. The highest BCUT2D eigenvalue weighted by Gasteiger charge is 1.96. The molecule has 2 heteroatoms. The molecule has 98 valence electrons. The van der Waals surface area contributed by atoms with E-state index in [0.717, 1.165) is 24.8 Å². The molecule has 2 N–H and O–H groups in total. The van der Waals surface area contributed by atoms with Crippen LogP contribution < -0.4 is 5.73 Å². The fourth-order valence-electron chi connectivity index (χ4n) is 1.22. The highest BCUT2D eigenvalue weighted by Crippen LogP contribution is 2.14. The predicted octanol–water partition coefficient (Wildman–Crippen LogP) is 4.15. The van der Waals surface area contributed by atoms with Gasteiger partial charge in [-0.3, -0.25) is 0 Å². The molecule has 0 heterocycles. The quantitative estimate of drug-likeness (QED) is 0.634. The van der Waals surface area contributed by atoms with Crippen molar-refractivity contribution in [2.75, 3.05) is 5.73 Å². The Morgan fingerprint density at radius 3 is 2.18 bits per heavy atom. The molecular weight excluding hydrogens is 210 g/mol. The Labute approximate surface area is 106 Å². The van der Waals surface area contributed by atoms with Gasteiger partial charge in [-0.25, -0.2) is 0 Å². The van der Waals surface area contributed by atoms with E-state index < -0.39 is 0 Å². The van der Waals surface area contributed by atoms with Crippen molar-refractivity contribution in [1.29, 1.82) is 0 Å². The Bertz CT molecular complexity index is 295. The topological polar surface area (TPSA) is 43.1 Å². The van der Waals surface area contributed by atoms with Gasteiger partial charge in [0.25, 0.3) is 0 Å². The van der Waals surface area contributed by atoms with Gasteiger partial charge in [0.05, 0.1) is 0 Å². The summed E-state index contributed by atoms with van der Waals surface area (Å²) >= 11 is 0. The largest absolute Gasteiger partial charge is 0.399 e. The number of carbonyl (C=O) groups is 1. The Morgan fingerprint density at radius 2 is 1.76 bits per heavy atom. The zero-order valence-electron chi connectivity index (χ0n) is 11.9. The SMILES string of the molecule is CC.CCC=O.CCCc1cc(C)ccc1N. The van der Waals surface area contributed by atoms with E-state index in [-0.39, 0.29) is 0 Å². The van der Waals surface area contributed by atoms with Crippen LogP contribution in [-0.4, -0.2) is 6.29 Å². The summed E-state index contributed by atoms with van der Waals surface area (Å²) in [6.07, 6.45) is 3.77. The number of hydrogen-bond donors (Lipinski definition) is 1. The monoisotopic (exact) mass is 237 g/mol. The van der Waals surface area contributed by atoms with Crippen molar-refractivity contribution >= 4 is 12.0 Å². The van der Waals surface area contributed by atoms with Gasteiger partial charge in [0.15, 0.2) is 0 Å². The van der Waals surface area contributed by atoms with Crippen LogP contribution in [0.3, 0.4) is 0 Å². The van der Waals surface area contributed by atoms with Gasteiger partial charge in [-0.2, -0.15) is 0 Å². The van der Waals surface area contributed by atoms with Crippen LogP contribution >= 0.6 is 0 Å². The number of aldehydes is 1. The fraction of sp³-hybridized carbons (Fsp3) is 0.533. The van der Waals surface area contributed by atoms with Gasteiger partial charge in [0.1, 0.15) is 6.29 Å². The van der Waals surface area contributed by atoms with Gasteiger partial charge in [0, 0.05) is 12.1 Å². The molecule has 1 rings (SSSR count). The first-order valence-electron chi connectivity index (χ1n) is 6.44. The molecule has 0 atom stereocenters. The lowest BCUT2D eigenvalue weighted by Gasteiger charge is -2.04. The van der Waals surface area contributed by atoms with Crippen LogP contribution in [0.2, 0.25) is 0 Å². The highest BCUT2D eigenvalue weighted by molar-refractivity contribution is 5.48. The Balaban J connectivity index is 0. The third kappa shape index (κ3) is 9.61. The zero-order valence-corrected chi connectivity index (χ0v) is 11.9. The van der Waals surface area contributed by atoms with Crippen LogP contribution in [0.5, 0.6) is 0 Å². The molecule has 17 heavy (non-hydrogen) atoms. The van der Waals surface area contributed by atoms with Gasteiger partial charge >= 0.3 is 0 Å². The van der Waals surface area contributed by atoms with E-state index >= 15 is 0 Å². The number of aryl methyl sites for hydroxylation is 2. The number of benzene rings is 1. The Hall–Kier alpha value is -1.31. The fourth-order valence-corrected chi connectivity index (χ4v) is 1.22. The van der Waals surface area contributed by atoms with Crippen molar-refractivity contribution in [3.63, 3.8) is 0 Å². The summed E-state index contributed by atoms with van der Waals surface area (Å²) in [7, 11) is 0. The molecule has 0 fully saturated rings. The standard InChI is InChI=1S/C10H15N.C3H6O.C2H6/c1-3-4-9-7-8(2)5-6-10(9)11;1-2-3-4;1-2/h5-7H,3-4,11H2,1-2H3;3H,2H2,1H3;1-2H3. The molecule has 0 aliphatic carbocycles. The van der Waals surface area contributed by atoms with Crippen LogP contribution in [0, 0.1) is 6.92 Å². The maximum Gasteiger partial charge on any atom is 0.119 e. The number of rotatable bonds is 3. The van der Waals surface area contributed by atoms with Gasteiger partial charge < -0.3 is 10.5 Å². The summed E-state index contributed by atoms with van der Waals surface area (Å²) in [6, 6.07) is 6.20. The molecule has 0 aliphatic heterocycles. The minimum absolute atomic E-state index is 0.639. The highest BCUT2D eigenvalue weighted by atomic mass is 16.1. The first kappa shape index (κ1) is 18.1. The van der Waals surface area contributed by atoms with Crippen molar-refractivity contribution in [3.05, 3.63) is 29.3 Å². The minimum Gasteiger partial charge on any atom is -0.399 e. The van der Waals surface area contributed by atoms with Gasteiger partial charge in [-0.05, 0) is 25.0 Å². The lowest BCUT2D eigenvalue weighted by atomic mass is 10.1. The number of nitrogens with two attached hydrogens (primary N) is 1. The number of hydrogen-bond acceptors (Lipinski definition) is 2. The smallest absolute Gasteiger partial charge is 0.119 e. The van der Waals surface area contributed by atoms with E-state index in [9.17, 15) is 4.79 Å². The number of carbonyl (C=O) groups excluding carboxylic acids is 1. The van der Waals surface area contributed by atoms with Crippen molar-refractivity contribution in [3.8, 4) is 0 Å². The second kappa shape index (κ2) is 12.8. The zero-order chi connectivity index (χ0) is 13.7. The third-order valence-corrected chi connectivity index (χ3v) is 1.98.